The lowest BCUT2D eigenvalue weighted by Gasteiger charge is -2.26. The Balaban J connectivity index is 1.81. The second-order valence-electron chi connectivity index (χ2n) is 6.67. The molecule has 1 atom stereocenters. The summed E-state index contributed by atoms with van der Waals surface area (Å²) in [5, 5.41) is 12.6. The predicted octanol–water partition coefficient (Wildman–Crippen LogP) is 4.02. The molecule has 0 aliphatic rings. The molecule has 0 spiro atoms. The van der Waals surface area contributed by atoms with Crippen molar-refractivity contribution in [2.45, 2.75) is 24.8 Å². The summed E-state index contributed by atoms with van der Waals surface area (Å²) in [5.74, 6) is -1.79. The zero-order valence-corrected chi connectivity index (χ0v) is 15.5. The summed E-state index contributed by atoms with van der Waals surface area (Å²) >= 11 is 0. The van der Waals surface area contributed by atoms with Gasteiger partial charge in [0.25, 0.3) is 0 Å². The van der Waals surface area contributed by atoms with Gasteiger partial charge in [-0.15, -0.1) is 0 Å². The van der Waals surface area contributed by atoms with Gasteiger partial charge in [-0.25, -0.2) is 4.79 Å². The number of benzene rings is 3. The molecular formula is C24H23NO3. The summed E-state index contributed by atoms with van der Waals surface area (Å²) in [6.07, 6.45) is 0.810. The number of rotatable bonds is 8. The molecule has 0 aliphatic carbocycles. The fraction of sp³-hybridized carbons (Fsp3) is 0.167. The fourth-order valence-corrected chi connectivity index (χ4v) is 3.33. The topological polar surface area (TPSA) is 66.4 Å². The van der Waals surface area contributed by atoms with E-state index in [4.69, 9.17) is 0 Å². The van der Waals surface area contributed by atoms with E-state index in [1.165, 1.54) is 0 Å². The maximum atomic E-state index is 12.5. The Bertz CT molecular complexity index is 855. The van der Waals surface area contributed by atoms with Crippen LogP contribution in [-0.2, 0) is 16.0 Å². The number of aliphatic carboxylic acids is 1. The lowest BCUT2D eigenvalue weighted by Crippen LogP contribution is -2.45. The summed E-state index contributed by atoms with van der Waals surface area (Å²) in [4.78, 5) is 24.6. The number of carboxylic acid groups (broad SMARTS) is 1. The van der Waals surface area contributed by atoms with Crippen LogP contribution in [-0.4, -0.2) is 23.0 Å². The molecule has 28 heavy (non-hydrogen) atoms. The molecule has 0 unspecified atom stereocenters. The first-order chi connectivity index (χ1) is 13.6. The molecule has 0 fully saturated rings. The van der Waals surface area contributed by atoms with Gasteiger partial charge in [0.2, 0.25) is 5.91 Å². The van der Waals surface area contributed by atoms with Gasteiger partial charge in [-0.2, -0.15) is 0 Å². The van der Waals surface area contributed by atoms with Crippen molar-refractivity contribution in [2.24, 2.45) is 0 Å². The quantitative estimate of drug-likeness (QED) is 0.627. The molecule has 0 saturated carbocycles. The highest BCUT2D eigenvalue weighted by atomic mass is 16.4. The Kier molecular flexibility index (Phi) is 6.58. The first kappa shape index (κ1) is 19.4. The van der Waals surface area contributed by atoms with Crippen molar-refractivity contribution in [3.05, 3.63) is 108 Å². The lowest BCUT2D eigenvalue weighted by molar-refractivity contribution is -0.142. The minimum absolute atomic E-state index is 0.240. The summed E-state index contributed by atoms with van der Waals surface area (Å²) in [5.41, 5.74) is 2.75. The summed E-state index contributed by atoms with van der Waals surface area (Å²) in [7, 11) is 0. The summed E-state index contributed by atoms with van der Waals surface area (Å²) < 4.78 is 0. The van der Waals surface area contributed by atoms with Crippen molar-refractivity contribution in [3.63, 3.8) is 0 Å². The van der Waals surface area contributed by atoms with Gasteiger partial charge in [-0.05, 0) is 23.1 Å². The van der Waals surface area contributed by atoms with E-state index in [1.807, 2.05) is 91.0 Å². The van der Waals surface area contributed by atoms with Crippen molar-refractivity contribution in [1.29, 1.82) is 0 Å². The Labute approximate surface area is 164 Å². The molecule has 3 aromatic rings. The normalized spacial score (nSPS) is 11.8. The minimum atomic E-state index is -1.05. The van der Waals surface area contributed by atoms with Crippen LogP contribution in [0.3, 0.4) is 0 Å². The number of carbonyl (C=O) groups is 2. The smallest absolute Gasteiger partial charge is 0.327 e. The Morgan fingerprint density at radius 2 is 1.21 bits per heavy atom. The Morgan fingerprint density at radius 3 is 1.68 bits per heavy atom. The van der Waals surface area contributed by atoms with Gasteiger partial charge in [0.15, 0.2) is 0 Å². The maximum Gasteiger partial charge on any atom is 0.327 e. The maximum absolute atomic E-state index is 12.5. The number of carboxylic acids is 1. The first-order valence-electron chi connectivity index (χ1n) is 9.31. The number of amides is 1. The van der Waals surface area contributed by atoms with Crippen molar-refractivity contribution in [3.8, 4) is 0 Å². The Hall–Kier alpha value is -3.40. The molecule has 0 heterocycles. The highest BCUT2D eigenvalue weighted by molar-refractivity contribution is 5.85. The van der Waals surface area contributed by atoms with Crippen molar-refractivity contribution < 1.29 is 14.7 Å². The third-order valence-electron chi connectivity index (χ3n) is 4.72. The van der Waals surface area contributed by atoms with Crippen LogP contribution in [0.5, 0.6) is 0 Å². The summed E-state index contributed by atoms with van der Waals surface area (Å²) in [6.45, 7) is 0. The summed E-state index contributed by atoms with van der Waals surface area (Å²) in [6, 6.07) is 27.5. The molecule has 0 aliphatic heterocycles. The van der Waals surface area contributed by atoms with E-state index in [1.54, 1.807) is 0 Å². The number of hydrogen-bond donors (Lipinski definition) is 2. The molecule has 4 heteroatoms. The molecule has 3 aromatic carbocycles. The van der Waals surface area contributed by atoms with Crippen LogP contribution in [0.2, 0.25) is 0 Å². The molecule has 4 nitrogen and oxygen atoms in total. The Morgan fingerprint density at radius 1 is 0.750 bits per heavy atom. The van der Waals surface area contributed by atoms with Gasteiger partial charge in [-0.3, -0.25) is 4.79 Å². The van der Waals surface area contributed by atoms with Crippen LogP contribution in [0.15, 0.2) is 91.0 Å². The van der Waals surface area contributed by atoms with E-state index in [0.29, 0.717) is 6.42 Å². The van der Waals surface area contributed by atoms with E-state index in [9.17, 15) is 14.7 Å². The van der Waals surface area contributed by atoms with Gasteiger partial charge in [0.1, 0.15) is 6.04 Å². The molecule has 0 radical (unpaired) electrons. The first-order valence-corrected chi connectivity index (χ1v) is 9.31. The van der Waals surface area contributed by atoms with Crippen LogP contribution in [0.1, 0.15) is 29.0 Å². The third kappa shape index (κ3) is 5.07. The molecule has 0 bridgehead atoms. The number of hydrogen-bond acceptors (Lipinski definition) is 2. The number of nitrogens with one attached hydrogen (secondary N) is 1. The average molecular weight is 373 g/mol. The zero-order valence-electron chi connectivity index (χ0n) is 15.5. The highest BCUT2D eigenvalue weighted by Crippen LogP contribution is 2.28. The molecule has 0 saturated heterocycles. The van der Waals surface area contributed by atoms with Crippen molar-refractivity contribution in [1.82, 2.24) is 5.32 Å². The van der Waals surface area contributed by atoms with Gasteiger partial charge < -0.3 is 10.4 Å². The van der Waals surface area contributed by atoms with Gasteiger partial charge >= 0.3 is 5.97 Å². The van der Waals surface area contributed by atoms with Crippen molar-refractivity contribution in [2.75, 3.05) is 0 Å². The zero-order chi connectivity index (χ0) is 19.8. The van der Waals surface area contributed by atoms with E-state index >= 15 is 0 Å². The van der Waals surface area contributed by atoms with E-state index in [2.05, 4.69) is 5.32 Å². The monoisotopic (exact) mass is 373 g/mol. The number of aryl methyl sites for hydroxylation is 1. The second kappa shape index (κ2) is 9.51. The van der Waals surface area contributed by atoms with Gasteiger partial charge in [0, 0.05) is 12.3 Å². The minimum Gasteiger partial charge on any atom is -0.480 e. The predicted molar refractivity (Wildman–Crippen MR) is 109 cm³/mol. The molecule has 0 aromatic heterocycles. The van der Waals surface area contributed by atoms with Crippen LogP contribution in [0.25, 0.3) is 0 Å². The van der Waals surface area contributed by atoms with E-state index in [-0.39, 0.29) is 12.3 Å². The van der Waals surface area contributed by atoms with Crippen LogP contribution >= 0.6 is 0 Å². The fourth-order valence-electron chi connectivity index (χ4n) is 3.33. The van der Waals surface area contributed by atoms with Crippen LogP contribution < -0.4 is 5.32 Å². The average Bonchev–Trinajstić information content (AvgIpc) is 2.74. The SMILES string of the molecule is O=C(CCc1ccccc1)N[C@@H](C(=O)O)C(c1ccccc1)c1ccccc1. The molecule has 1 amide bonds. The van der Waals surface area contributed by atoms with E-state index in [0.717, 1.165) is 16.7 Å². The van der Waals surface area contributed by atoms with Crippen molar-refractivity contribution >= 4 is 11.9 Å². The second-order valence-corrected chi connectivity index (χ2v) is 6.67. The molecule has 142 valence electrons. The lowest BCUT2D eigenvalue weighted by atomic mass is 9.85. The van der Waals surface area contributed by atoms with Crippen LogP contribution in [0, 0.1) is 0 Å². The largest absolute Gasteiger partial charge is 0.480 e. The molecule has 3 rings (SSSR count). The highest BCUT2D eigenvalue weighted by Gasteiger charge is 2.32. The van der Waals surface area contributed by atoms with Gasteiger partial charge in [-0.1, -0.05) is 91.0 Å². The third-order valence-corrected chi connectivity index (χ3v) is 4.72. The molecule has 2 N–H and O–H groups in total. The van der Waals surface area contributed by atoms with Gasteiger partial charge in [0.05, 0.1) is 0 Å². The van der Waals surface area contributed by atoms with Crippen LogP contribution in [0.4, 0.5) is 0 Å². The van der Waals surface area contributed by atoms with E-state index < -0.39 is 17.9 Å². The standard InChI is InChI=1S/C24H23NO3/c26-21(17-16-18-10-4-1-5-11-18)25-23(24(27)28)22(19-12-6-2-7-13-19)20-14-8-3-9-15-20/h1-15,22-23H,16-17H2,(H,25,26)(H,27,28)/t23-/m1/s1. The molecular weight excluding hydrogens is 350 g/mol. The number of carbonyl (C=O) groups excluding carboxylic acids is 1.